The van der Waals surface area contributed by atoms with Crippen molar-refractivity contribution in [2.45, 2.75) is 347 Å². The molecule has 458 valence electrons. The smallest absolute Gasteiger partial charge is 0.462 e. The van der Waals surface area contributed by atoms with Gasteiger partial charge in [-0.25, -0.2) is 4.57 Å². The van der Waals surface area contributed by atoms with E-state index in [1.165, 1.54) is 225 Å². The fourth-order valence-electron chi connectivity index (χ4n) is 10.0. The van der Waals surface area contributed by atoms with E-state index in [-0.39, 0.29) is 38.6 Å². The molecule has 0 spiro atoms. The standard InChI is InChI=1S/C68H128NO8P/c1-3-5-7-9-11-13-15-17-19-21-23-24-25-26-27-28-29-30-31-32-33-34-35-36-37-38-39-40-41-43-44-46-48-50-52-54-56-58-60-67(70)74-64-66(65-76-78(72,73)75-63-62-69)77-68(71)61-59-57-55-53-51-49-47-45-42-22-20-18-16-14-12-10-8-6-4-2/h6,8,12,14,18,20,42,45,66H,3-5,7,9-11,13,15-17,19,21-41,43-44,46-65,69H2,1-2H3,(H,72,73)/b8-6-,14-12-,20-18-,45-42-. The zero-order valence-electron chi connectivity index (χ0n) is 51.4. The lowest BCUT2D eigenvalue weighted by molar-refractivity contribution is -0.161. The Kier molecular flexibility index (Phi) is 62.5. The van der Waals surface area contributed by atoms with Gasteiger partial charge >= 0.3 is 19.8 Å². The number of allylic oxidation sites excluding steroid dienone is 8. The fraction of sp³-hybridized carbons (Fsp3) is 0.853. The third kappa shape index (κ3) is 63.2. The van der Waals surface area contributed by atoms with Gasteiger partial charge in [0.05, 0.1) is 13.2 Å². The predicted molar refractivity (Wildman–Crippen MR) is 335 cm³/mol. The average Bonchev–Trinajstić information content (AvgIpc) is 3.43. The second kappa shape index (κ2) is 64.1. The summed E-state index contributed by atoms with van der Waals surface area (Å²) >= 11 is 0. The van der Waals surface area contributed by atoms with Gasteiger partial charge in [0.2, 0.25) is 0 Å². The Morgan fingerprint density at radius 3 is 1.05 bits per heavy atom. The van der Waals surface area contributed by atoms with Crippen molar-refractivity contribution < 1.29 is 37.6 Å². The fourth-order valence-corrected chi connectivity index (χ4v) is 10.8. The first-order valence-electron chi connectivity index (χ1n) is 33.6. The van der Waals surface area contributed by atoms with Crippen molar-refractivity contribution in [2.24, 2.45) is 5.73 Å². The summed E-state index contributed by atoms with van der Waals surface area (Å²) in [4.78, 5) is 35.2. The predicted octanol–water partition coefficient (Wildman–Crippen LogP) is 21.7. The van der Waals surface area contributed by atoms with E-state index in [0.29, 0.717) is 6.42 Å². The van der Waals surface area contributed by atoms with E-state index in [9.17, 15) is 19.0 Å². The molecule has 9 nitrogen and oxygen atoms in total. The molecule has 0 aliphatic carbocycles. The summed E-state index contributed by atoms with van der Waals surface area (Å²) in [6.07, 6.45) is 80.8. The zero-order valence-corrected chi connectivity index (χ0v) is 52.3. The molecule has 0 aromatic rings. The van der Waals surface area contributed by atoms with Gasteiger partial charge in [-0.05, 0) is 51.4 Å². The average molecular weight is 1120 g/mol. The first kappa shape index (κ1) is 76.0. The second-order valence-electron chi connectivity index (χ2n) is 22.7. The topological polar surface area (TPSA) is 134 Å². The van der Waals surface area contributed by atoms with Crippen LogP contribution in [0.2, 0.25) is 0 Å². The molecule has 0 heterocycles. The third-order valence-corrected chi connectivity index (χ3v) is 16.0. The molecule has 78 heavy (non-hydrogen) atoms. The number of hydrogen-bond acceptors (Lipinski definition) is 8. The molecule has 0 aliphatic rings. The van der Waals surface area contributed by atoms with Crippen molar-refractivity contribution in [2.75, 3.05) is 26.4 Å². The van der Waals surface area contributed by atoms with E-state index in [1.807, 2.05) is 0 Å². The van der Waals surface area contributed by atoms with E-state index in [0.717, 1.165) is 83.5 Å². The number of phosphoric ester groups is 1. The molecule has 0 bridgehead atoms. The normalized spacial score (nSPS) is 13.2. The summed E-state index contributed by atoms with van der Waals surface area (Å²) in [5.41, 5.74) is 5.39. The van der Waals surface area contributed by atoms with Gasteiger partial charge in [0.1, 0.15) is 6.61 Å². The Labute approximate surface area is 483 Å². The highest BCUT2D eigenvalue weighted by molar-refractivity contribution is 7.47. The Bertz CT molecular complexity index is 1420. The van der Waals surface area contributed by atoms with Crippen molar-refractivity contribution in [3.05, 3.63) is 48.6 Å². The lowest BCUT2D eigenvalue weighted by Gasteiger charge is -2.19. The van der Waals surface area contributed by atoms with Gasteiger partial charge < -0.3 is 20.1 Å². The molecular formula is C68H128NO8P. The second-order valence-corrected chi connectivity index (χ2v) is 24.1. The molecular weight excluding hydrogens is 990 g/mol. The number of unbranched alkanes of at least 4 members (excludes halogenated alkanes) is 43. The van der Waals surface area contributed by atoms with Crippen LogP contribution >= 0.6 is 7.82 Å². The number of carbonyl (C=O) groups is 2. The molecule has 3 N–H and O–H groups in total. The van der Waals surface area contributed by atoms with Crippen LogP contribution in [0.3, 0.4) is 0 Å². The van der Waals surface area contributed by atoms with Crippen molar-refractivity contribution in [3.63, 3.8) is 0 Å². The zero-order chi connectivity index (χ0) is 56.6. The van der Waals surface area contributed by atoms with Crippen LogP contribution < -0.4 is 5.73 Å². The van der Waals surface area contributed by atoms with Crippen LogP contribution in [0.5, 0.6) is 0 Å². The van der Waals surface area contributed by atoms with Crippen LogP contribution in [0.25, 0.3) is 0 Å². The highest BCUT2D eigenvalue weighted by Gasteiger charge is 2.26. The highest BCUT2D eigenvalue weighted by atomic mass is 31.2. The summed E-state index contributed by atoms with van der Waals surface area (Å²) in [7, 11) is -4.39. The Balaban J connectivity index is 3.76. The Morgan fingerprint density at radius 2 is 0.705 bits per heavy atom. The van der Waals surface area contributed by atoms with Gasteiger partial charge in [0, 0.05) is 19.4 Å². The minimum absolute atomic E-state index is 0.0506. The van der Waals surface area contributed by atoms with Gasteiger partial charge in [-0.15, -0.1) is 0 Å². The van der Waals surface area contributed by atoms with Crippen LogP contribution in [0.1, 0.15) is 341 Å². The Hall–Kier alpha value is -2.03. The maximum atomic E-state index is 12.7. The number of carbonyl (C=O) groups excluding carboxylic acids is 2. The number of hydrogen-bond donors (Lipinski definition) is 2. The van der Waals surface area contributed by atoms with E-state index >= 15 is 0 Å². The molecule has 0 fully saturated rings. The molecule has 0 aromatic heterocycles. The maximum Gasteiger partial charge on any atom is 0.472 e. The van der Waals surface area contributed by atoms with Crippen molar-refractivity contribution in [1.29, 1.82) is 0 Å². The van der Waals surface area contributed by atoms with Crippen LogP contribution in [-0.2, 0) is 32.7 Å². The van der Waals surface area contributed by atoms with Crippen LogP contribution in [-0.4, -0.2) is 49.3 Å². The minimum atomic E-state index is -4.39. The van der Waals surface area contributed by atoms with E-state index in [4.69, 9.17) is 24.3 Å². The van der Waals surface area contributed by atoms with Gasteiger partial charge in [-0.1, -0.05) is 326 Å². The van der Waals surface area contributed by atoms with Crippen molar-refractivity contribution >= 4 is 19.8 Å². The molecule has 0 radical (unpaired) electrons. The number of esters is 2. The van der Waals surface area contributed by atoms with E-state index in [2.05, 4.69) is 62.5 Å². The largest absolute Gasteiger partial charge is 0.472 e. The molecule has 2 unspecified atom stereocenters. The molecule has 0 saturated carbocycles. The van der Waals surface area contributed by atoms with Gasteiger partial charge in [-0.2, -0.15) is 0 Å². The third-order valence-electron chi connectivity index (χ3n) is 15.0. The lowest BCUT2D eigenvalue weighted by Crippen LogP contribution is -2.29. The van der Waals surface area contributed by atoms with Crippen LogP contribution in [0.15, 0.2) is 48.6 Å². The molecule has 0 aromatic carbocycles. The molecule has 0 rings (SSSR count). The van der Waals surface area contributed by atoms with Crippen molar-refractivity contribution in [3.8, 4) is 0 Å². The van der Waals surface area contributed by atoms with Crippen LogP contribution in [0.4, 0.5) is 0 Å². The van der Waals surface area contributed by atoms with E-state index in [1.54, 1.807) is 0 Å². The number of ether oxygens (including phenoxy) is 2. The molecule has 0 amide bonds. The summed E-state index contributed by atoms with van der Waals surface area (Å²) < 4.78 is 33.1. The monoisotopic (exact) mass is 1120 g/mol. The summed E-state index contributed by atoms with van der Waals surface area (Å²) in [6.45, 7) is 3.66. The maximum absolute atomic E-state index is 12.7. The SMILES string of the molecule is CC/C=C\C/C=C\C/C=C\C/C=C\CCCCCCCCC(=O)OC(COC(=O)CCCCCCCCCCCCCCCCCCCCCCCCCCCCCCCCCCCCCCCC)COP(=O)(O)OCCN. The molecule has 0 aliphatic heterocycles. The molecule has 10 heteroatoms. The quantitative estimate of drug-likeness (QED) is 0.0264. The first-order valence-corrected chi connectivity index (χ1v) is 35.1. The summed E-state index contributed by atoms with van der Waals surface area (Å²) in [5.74, 6) is -0.831. The van der Waals surface area contributed by atoms with E-state index < -0.39 is 26.5 Å². The van der Waals surface area contributed by atoms with Gasteiger partial charge in [-0.3, -0.25) is 18.6 Å². The highest BCUT2D eigenvalue weighted by Crippen LogP contribution is 2.43. The molecule has 0 saturated heterocycles. The number of nitrogens with two attached hydrogens (primary N) is 1. The van der Waals surface area contributed by atoms with Gasteiger partial charge in [0.25, 0.3) is 0 Å². The lowest BCUT2D eigenvalue weighted by atomic mass is 10.0. The minimum Gasteiger partial charge on any atom is -0.462 e. The van der Waals surface area contributed by atoms with Crippen molar-refractivity contribution in [1.82, 2.24) is 0 Å². The molecule has 2 atom stereocenters. The first-order chi connectivity index (χ1) is 38.3. The summed E-state index contributed by atoms with van der Waals surface area (Å²) in [6, 6.07) is 0. The Morgan fingerprint density at radius 1 is 0.397 bits per heavy atom. The number of phosphoric acid groups is 1. The van der Waals surface area contributed by atoms with Gasteiger partial charge in [0.15, 0.2) is 6.10 Å². The number of rotatable bonds is 64. The van der Waals surface area contributed by atoms with Crippen LogP contribution in [0, 0.1) is 0 Å². The summed E-state index contributed by atoms with van der Waals surface area (Å²) in [5, 5.41) is 0.